The second-order valence-electron chi connectivity index (χ2n) is 2.11. The highest BCUT2D eigenvalue weighted by Crippen LogP contribution is 2.33. The van der Waals surface area contributed by atoms with Crippen LogP contribution in [0, 0.1) is 0 Å². The fourth-order valence-electron chi connectivity index (χ4n) is 0.745. The second-order valence-corrected chi connectivity index (χ2v) is 2.11. The highest BCUT2D eigenvalue weighted by atomic mass is 15.3. The summed E-state index contributed by atoms with van der Waals surface area (Å²) >= 11 is 0. The fraction of sp³-hybridized carbons (Fsp3) is 0.600. The van der Waals surface area contributed by atoms with Crippen LogP contribution in [0.25, 0.3) is 0 Å². The van der Waals surface area contributed by atoms with Crippen molar-refractivity contribution in [3.63, 3.8) is 0 Å². The van der Waals surface area contributed by atoms with Crippen molar-refractivity contribution in [3.05, 3.63) is 12.7 Å². The Balaban J connectivity index is 2.28. The van der Waals surface area contributed by atoms with Crippen LogP contribution in [-0.2, 0) is 0 Å². The molecule has 42 valence electrons. The molecule has 2 rings (SSSR count). The number of hydrogen-bond acceptors (Lipinski definition) is 2. The van der Waals surface area contributed by atoms with Crippen LogP contribution in [0.4, 0.5) is 0 Å². The molecule has 0 aromatic carbocycles. The van der Waals surface area contributed by atoms with E-state index in [1.807, 2.05) is 4.68 Å². The zero-order valence-corrected chi connectivity index (χ0v) is 4.49. The topological polar surface area (TPSA) is 30.7 Å². The van der Waals surface area contributed by atoms with Crippen LogP contribution in [0.3, 0.4) is 0 Å². The van der Waals surface area contributed by atoms with E-state index in [-0.39, 0.29) is 0 Å². The summed E-state index contributed by atoms with van der Waals surface area (Å²) in [4.78, 5) is 3.84. The van der Waals surface area contributed by atoms with E-state index < -0.39 is 0 Å². The van der Waals surface area contributed by atoms with Crippen LogP contribution < -0.4 is 0 Å². The Hall–Kier alpha value is -0.860. The molecule has 0 N–H and O–H groups in total. The maximum atomic E-state index is 3.98. The van der Waals surface area contributed by atoms with Gasteiger partial charge in [0.05, 0.1) is 6.04 Å². The van der Waals surface area contributed by atoms with Crippen molar-refractivity contribution in [1.29, 1.82) is 0 Å². The van der Waals surface area contributed by atoms with Crippen molar-refractivity contribution in [2.75, 3.05) is 0 Å². The van der Waals surface area contributed by atoms with Gasteiger partial charge in [-0.25, -0.2) is 9.67 Å². The summed E-state index contributed by atoms with van der Waals surface area (Å²) in [5.74, 6) is 0. The van der Waals surface area contributed by atoms with E-state index in [0.29, 0.717) is 6.04 Å². The van der Waals surface area contributed by atoms with Gasteiger partial charge in [0.2, 0.25) is 0 Å². The molecular weight excluding hydrogens is 102 g/mol. The van der Waals surface area contributed by atoms with Crippen LogP contribution in [0.2, 0.25) is 0 Å². The lowest BCUT2D eigenvalue weighted by molar-refractivity contribution is 0.639. The Morgan fingerprint density at radius 2 is 2.38 bits per heavy atom. The Morgan fingerprint density at radius 3 is 2.88 bits per heavy atom. The van der Waals surface area contributed by atoms with Crippen LogP contribution >= 0.6 is 0 Å². The summed E-state index contributed by atoms with van der Waals surface area (Å²) in [6, 6.07) is 0.678. The van der Waals surface area contributed by atoms with Gasteiger partial charge in [-0.2, -0.15) is 5.10 Å². The molecule has 1 heterocycles. The zero-order valence-electron chi connectivity index (χ0n) is 4.49. The molecule has 0 aliphatic heterocycles. The van der Waals surface area contributed by atoms with E-state index >= 15 is 0 Å². The Morgan fingerprint density at radius 1 is 1.50 bits per heavy atom. The molecule has 0 atom stereocenters. The molecule has 3 heteroatoms. The molecule has 1 aliphatic carbocycles. The monoisotopic (exact) mass is 109 g/mol. The average molecular weight is 109 g/mol. The van der Waals surface area contributed by atoms with Gasteiger partial charge in [0, 0.05) is 0 Å². The minimum Gasteiger partial charge on any atom is -0.250 e. The smallest absolute Gasteiger partial charge is 0.137 e. The maximum Gasteiger partial charge on any atom is 0.137 e. The van der Waals surface area contributed by atoms with Crippen LogP contribution in [0.5, 0.6) is 0 Å². The molecule has 1 aromatic heterocycles. The van der Waals surface area contributed by atoms with Crippen molar-refractivity contribution in [2.24, 2.45) is 0 Å². The van der Waals surface area contributed by atoms with Crippen molar-refractivity contribution in [2.45, 2.75) is 18.9 Å². The summed E-state index contributed by atoms with van der Waals surface area (Å²) in [6.07, 6.45) is 5.92. The number of rotatable bonds is 1. The fourth-order valence-corrected chi connectivity index (χ4v) is 0.745. The van der Waals surface area contributed by atoms with Crippen molar-refractivity contribution in [3.8, 4) is 0 Å². The van der Waals surface area contributed by atoms with Gasteiger partial charge >= 0.3 is 0 Å². The summed E-state index contributed by atoms with van der Waals surface area (Å²) in [7, 11) is 0. The van der Waals surface area contributed by atoms with E-state index in [2.05, 4.69) is 10.1 Å². The first-order chi connectivity index (χ1) is 3.97. The lowest BCUT2D eigenvalue weighted by Crippen LogP contribution is -1.91. The third-order valence-electron chi connectivity index (χ3n) is 1.36. The van der Waals surface area contributed by atoms with E-state index in [9.17, 15) is 0 Å². The first kappa shape index (κ1) is 4.06. The molecule has 3 nitrogen and oxygen atoms in total. The predicted octanol–water partition coefficient (Wildman–Crippen LogP) is 0.613. The van der Waals surface area contributed by atoms with Crippen LogP contribution in [-0.4, -0.2) is 14.8 Å². The third kappa shape index (κ3) is 0.510. The lowest BCUT2D eigenvalue weighted by Gasteiger charge is -1.89. The highest BCUT2D eigenvalue weighted by Gasteiger charge is 2.23. The summed E-state index contributed by atoms with van der Waals surface area (Å²) in [5, 5.41) is 3.98. The quantitative estimate of drug-likeness (QED) is 0.529. The van der Waals surface area contributed by atoms with Gasteiger partial charge in [0.25, 0.3) is 0 Å². The third-order valence-corrected chi connectivity index (χ3v) is 1.36. The average Bonchev–Trinajstić information content (AvgIpc) is 2.49. The highest BCUT2D eigenvalue weighted by molar-refractivity contribution is 4.79. The molecule has 0 saturated heterocycles. The number of hydrogen-bond donors (Lipinski definition) is 0. The lowest BCUT2D eigenvalue weighted by atomic mass is 10.7. The summed E-state index contributed by atoms with van der Waals surface area (Å²) in [5.41, 5.74) is 0. The largest absolute Gasteiger partial charge is 0.250 e. The van der Waals surface area contributed by atoms with Crippen molar-refractivity contribution in [1.82, 2.24) is 14.8 Å². The molecule has 0 bridgehead atoms. The molecule has 1 aromatic rings. The van der Waals surface area contributed by atoms with Gasteiger partial charge in [-0.1, -0.05) is 0 Å². The molecule has 1 fully saturated rings. The van der Waals surface area contributed by atoms with Gasteiger partial charge < -0.3 is 0 Å². The summed E-state index contributed by atoms with van der Waals surface area (Å²) < 4.78 is 1.92. The van der Waals surface area contributed by atoms with Crippen LogP contribution in [0.1, 0.15) is 18.9 Å². The Labute approximate surface area is 47.3 Å². The molecule has 0 spiro atoms. The minimum atomic E-state index is 0.678. The molecular formula is C5H7N3. The molecule has 0 amide bonds. The first-order valence-corrected chi connectivity index (χ1v) is 2.81. The predicted molar refractivity (Wildman–Crippen MR) is 28.3 cm³/mol. The van der Waals surface area contributed by atoms with Crippen LogP contribution in [0.15, 0.2) is 12.7 Å². The molecule has 0 radical (unpaired) electrons. The van der Waals surface area contributed by atoms with Gasteiger partial charge in [-0.15, -0.1) is 0 Å². The van der Waals surface area contributed by atoms with Gasteiger partial charge in [0.1, 0.15) is 12.7 Å². The Bertz CT molecular complexity index is 164. The Kier molecular flexibility index (Phi) is 0.664. The van der Waals surface area contributed by atoms with E-state index in [0.717, 1.165) is 0 Å². The minimum absolute atomic E-state index is 0.678. The maximum absolute atomic E-state index is 3.98. The second kappa shape index (κ2) is 1.31. The van der Waals surface area contributed by atoms with E-state index in [1.165, 1.54) is 12.8 Å². The zero-order chi connectivity index (χ0) is 5.40. The molecule has 1 aliphatic rings. The molecule has 8 heavy (non-hydrogen) atoms. The van der Waals surface area contributed by atoms with Gasteiger partial charge in [-0.3, -0.25) is 0 Å². The molecule has 0 unspecified atom stereocenters. The SMILES string of the molecule is c1ncn(C2CC2)n1. The first-order valence-electron chi connectivity index (χ1n) is 2.81. The number of aromatic nitrogens is 3. The molecule has 1 saturated carbocycles. The van der Waals surface area contributed by atoms with Crippen molar-refractivity contribution >= 4 is 0 Å². The van der Waals surface area contributed by atoms with Crippen molar-refractivity contribution < 1.29 is 0 Å². The normalized spacial score (nSPS) is 19.0. The van der Waals surface area contributed by atoms with E-state index in [1.54, 1.807) is 12.7 Å². The van der Waals surface area contributed by atoms with Gasteiger partial charge in [0.15, 0.2) is 0 Å². The van der Waals surface area contributed by atoms with E-state index in [4.69, 9.17) is 0 Å². The standard InChI is InChI=1S/C5H7N3/c1-2-5(1)8-4-6-3-7-8/h3-5H,1-2H2. The summed E-state index contributed by atoms with van der Waals surface area (Å²) in [6.45, 7) is 0. The number of nitrogens with zero attached hydrogens (tertiary/aromatic N) is 3. The van der Waals surface area contributed by atoms with Gasteiger partial charge in [-0.05, 0) is 12.8 Å².